The number of benzene rings is 3. The summed E-state index contributed by atoms with van der Waals surface area (Å²) >= 11 is 0. The van der Waals surface area contributed by atoms with Crippen LogP contribution < -0.4 is 25.3 Å². The van der Waals surface area contributed by atoms with Gasteiger partial charge >= 0.3 is 0 Å². The van der Waals surface area contributed by atoms with Crippen molar-refractivity contribution in [3.63, 3.8) is 0 Å². The first-order chi connectivity index (χ1) is 19.5. The van der Waals surface area contributed by atoms with Gasteiger partial charge in [0.2, 0.25) is 5.91 Å². The third kappa shape index (κ3) is 6.74. The summed E-state index contributed by atoms with van der Waals surface area (Å²) in [5, 5.41) is 2.74. The second-order valence-electron chi connectivity index (χ2n) is 9.96. The summed E-state index contributed by atoms with van der Waals surface area (Å²) in [5.41, 5.74) is 8.54. The zero-order valence-corrected chi connectivity index (χ0v) is 23.8. The third-order valence-corrected chi connectivity index (χ3v) is 7.29. The van der Waals surface area contributed by atoms with Crippen LogP contribution in [0.4, 0.5) is 4.39 Å². The molecule has 10 heteroatoms. The van der Waals surface area contributed by atoms with Gasteiger partial charge in [-0.1, -0.05) is 12.1 Å². The predicted molar refractivity (Wildman–Crippen MR) is 156 cm³/mol. The van der Waals surface area contributed by atoms with E-state index in [2.05, 4.69) is 5.32 Å². The predicted octanol–water partition coefficient (Wildman–Crippen LogP) is 5.16. The number of hydrogen-bond donors (Lipinski definition) is 2. The summed E-state index contributed by atoms with van der Waals surface area (Å²) in [6.07, 6.45) is 3.13. The van der Waals surface area contributed by atoms with E-state index in [1.165, 1.54) is 18.2 Å². The maximum absolute atomic E-state index is 14.5. The molecule has 0 saturated heterocycles. The molecule has 3 aliphatic heterocycles. The van der Waals surface area contributed by atoms with Crippen molar-refractivity contribution in [1.82, 2.24) is 10.2 Å². The molecular weight excluding hydrogens is 549 g/mol. The Morgan fingerprint density at radius 3 is 2.73 bits per heavy atom. The Hall–Kier alpha value is -3.82. The highest BCUT2D eigenvalue weighted by atomic mass is 35.5. The van der Waals surface area contributed by atoms with Gasteiger partial charge in [-0.2, -0.15) is 0 Å². The molecule has 218 valence electrons. The van der Waals surface area contributed by atoms with Crippen LogP contribution in [-0.2, 0) is 11.2 Å². The molecule has 0 radical (unpaired) electrons. The number of nitrogens with one attached hydrogen (secondary N) is 1. The molecule has 8 nitrogen and oxygen atoms in total. The molecule has 0 aliphatic carbocycles. The van der Waals surface area contributed by atoms with Crippen molar-refractivity contribution >= 4 is 24.2 Å². The average molecular weight is 584 g/mol. The minimum absolute atomic E-state index is 0. The fourth-order valence-electron chi connectivity index (χ4n) is 5.26. The molecule has 1 unspecified atom stereocenters. The standard InChI is InChI=1S/C31H34FN3O5.ClH/c1-38-27-11-6-21-18-28(27)39-16-4-14-34-31(37)25-19-23(8-10-26(25)32)40-22-7-9-24-20(17-22)12-15-35(30(21)24)29(36)5-2-3-13-33;/h6-11,17-19,30H,2-5,12-16,33H2,1H3,(H,34,37);1H. The number of unbranched alkanes of at least 4 members (excludes halogenated alkanes) is 1. The number of methoxy groups -OCH3 is 1. The van der Waals surface area contributed by atoms with Gasteiger partial charge < -0.3 is 30.2 Å². The quantitative estimate of drug-likeness (QED) is 0.402. The third-order valence-electron chi connectivity index (χ3n) is 7.29. The van der Waals surface area contributed by atoms with Crippen LogP contribution in [0.5, 0.6) is 23.0 Å². The summed E-state index contributed by atoms with van der Waals surface area (Å²) in [4.78, 5) is 28.0. The lowest BCUT2D eigenvalue weighted by atomic mass is 9.87. The van der Waals surface area contributed by atoms with Gasteiger partial charge in [0, 0.05) is 19.5 Å². The number of nitrogens with two attached hydrogens (primary N) is 1. The van der Waals surface area contributed by atoms with Gasteiger partial charge in [-0.3, -0.25) is 9.59 Å². The Bertz CT molecular complexity index is 1400. The van der Waals surface area contributed by atoms with Gasteiger partial charge in [-0.15, -0.1) is 12.4 Å². The molecule has 1 atom stereocenters. The van der Waals surface area contributed by atoms with Crippen LogP contribution in [0.2, 0.25) is 0 Å². The number of hydrogen-bond acceptors (Lipinski definition) is 6. The van der Waals surface area contributed by atoms with E-state index in [0.717, 1.165) is 29.5 Å². The van der Waals surface area contributed by atoms with Crippen molar-refractivity contribution in [2.45, 2.75) is 38.1 Å². The lowest BCUT2D eigenvalue weighted by molar-refractivity contribution is -0.133. The van der Waals surface area contributed by atoms with E-state index in [0.29, 0.717) is 68.5 Å². The van der Waals surface area contributed by atoms with E-state index in [4.69, 9.17) is 19.9 Å². The summed E-state index contributed by atoms with van der Waals surface area (Å²) in [6.45, 7) is 1.70. The zero-order chi connectivity index (χ0) is 28.1. The van der Waals surface area contributed by atoms with E-state index in [9.17, 15) is 14.0 Å². The van der Waals surface area contributed by atoms with E-state index in [-0.39, 0.29) is 29.9 Å². The largest absolute Gasteiger partial charge is 0.493 e. The van der Waals surface area contributed by atoms with Crippen LogP contribution in [0.3, 0.4) is 0 Å². The van der Waals surface area contributed by atoms with Crippen LogP contribution in [0.25, 0.3) is 0 Å². The van der Waals surface area contributed by atoms with Gasteiger partial charge in [-0.05, 0) is 91.4 Å². The second kappa shape index (κ2) is 13.7. The fraction of sp³-hybridized carbons (Fsp3) is 0.355. The molecular formula is C31H35ClFN3O5. The molecule has 3 N–H and O–H groups in total. The number of rotatable bonds is 5. The Morgan fingerprint density at radius 2 is 1.93 bits per heavy atom. The molecule has 2 amide bonds. The van der Waals surface area contributed by atoms with Gasteiger partial charge in [0.25, 0.3) is 5.91 Å². The summed E-state index contributed by atoms with van der Waals surface area (Å²) in [6, 6.07) is 15.3. The lowest BCUT2D eigenvalue weighted by Gasteiger charge is -2.38. The maximum atomic E-state index is 14.5. The summed E-state index contributed by atoms with van der Waals surface area (Å²) in [7, 11) is 1.58. The first-order valence-corrected chi connectivity index (χ1v) is 13.7. The number of halogens is 2. The van der Waals surface area contributed by atoms with Gasteiger partial charge in [-0.25, -0.2) is 4.39 Å². The number of ether oxygens (including phenoxy) is 3. The van der Waals surface area contributed by atoms with Crippen molar-refractivity contribution < 1.29 is 28.2 Å². The van der Waals surface area contributed by atoms with Crippen molar-refractivity contribution in [2.24, 2.45) is 5.73 Å². The minimum Gasteiger partial charge on any atom is -0.493 e. The number of nitrogens with zero attached hydrogens (tertiary/aromatic N) is 1. The monoisotopic (exact) mass is 583 g/mol. The molecule has 0 aromatic heterocycles. The van der Waals surface area contributed by atoms with Crippen molar-refractivity contribution in [2.75, 3.05) is 33.4 Å². The second-order valence-corrected chi connectivity index (χ2v) is 9.96. The molecule has 8 bridgehead atoms. The number of amides is 2. The smallest absolute Gasteiger partial charge is 0.254 e. The van der Waals surface area contributed by atoms with Crippen molar-refractivity contribution in [1.29, 1.82) is 0 Å². The molecule has 0 spiro atoms. The molecule has 3 aliphatic rings. The summed E-state index contributed by atoms with van der Waals surface area (Å²) in [5.74, 6) is 0.988. The molecule has 3 aromatic rings. The molecule has 41 heavy (non-hydrogen) atoms. The van der Waals surface area contributed by atoms with E-state index in [1.807, 2.05) is 41.3 Å². The highest BCUT2D eigenvalue weighted by Crippen LogP contribution is 2.41. The van der Waals surface area contributed by atoms with Crippen LogP contribution in [0, 0.1) is 5.82 Å². The molecule has 3 heterocycles. The van der Waals surface area contributed by atoms with Crippen LogP contribution in [-0.4, -0.2) is 50.1 Å². The fourth-order valence-corrected chi connectivity index (χ4v) is 5.26. The molecule has 6 rings (SSSR count). The highest BCUT2D eigenvalue weighted by molar-refractivity contribution is 5.94. The zero-order valence-electron chi connectivity index (χ0n) is 23.0. The number of carbonyl (C=O) groups excluding carboxylic acids is 2. The van der Waals surface area contributed by atoms with E-state index >= 15 is 0 Å². The Labute approximate surface area is 245 Å². The Balaban J connectivity index is 0.00000387. The Morgan fingerprint density at radius 1 is 1.12 bits per heavy atom. The van der Waals surface area contributed by atoms with E-state index < -0.39 is 11.7 Å². The van der Waals surface area contributed by atoms with E-state index in [1.54, 1.807) is 7.11 Å². The first-order valence-electron chi connectivity index (χ1n) is 13.7. The van der Waals surface area contributed by atoms with Crippen molar-refractivity contribution in [3.8, 4) is 23.0 Å². The normalized spacial score (nSPS) is 16.3. The molecule has 3 aromatic carbocycles. The lowest BCUT2D eigenvalue weighted by Crippen LogP contribution is -2.40. The number of carbonyl (C=O) groups is 2. The minimum atomic E-state index is -0.624. The van der Waals surface area contributed by atoms with Crippen LogP contribution in [0.1, 0.15) is 58.8 Å². The molecule has 0 fully saturated rings. The summed E-state index contributed by atoms with van der Waals surface area (Å²) < 4.78 is 32.1. The van der Waals surface area contributed by atoms with Gasteiger partial charge in [0.1, 0.15) is 17.3 Å². The molecule has 0 saturated carbocycles. The van der Waals surface area contributed by atoms with Gasteiger partial charge in [0.15, 0.2) is 11.5 Å². The number of fused-ring (bicyclic) bond motifs is 6. The van der Waals surface area contributed by atoms with Gasteiger partial charge in [0.05, 0.1) is 25.3 Å². The Kier molecular flexibility index (Phi) is 10.1. The van der Waals surface area contributed by atoms with Crippen molar-refractivity contribution in [3.05, 3.63) is 82.7 Å². The highest BCUT2D eigenvalue weighted by Gasteiger charge is 2.33. The first kappa shape index (κ1) is 30.1. The van der Waals surface area contributed by atoms with Crippen LogP contribution in [0.15, 0.2) is 54.6 Å². The topological polar surface area (TPSA) is 103 Å². The maximum Gasteiger partial charge on any atom is 0.254 e. The SMILES string of the molecule is COc1ccc2cc1OCCCNC(=O)c1cc(ccc1F)Oc1ccc3c(c1)CCN(C(=O)CCCCN)C23.Cl. The average Bonchev–Trinajstić information content (AvgIpc) is 2.96. The van der Waals surface area contributed by atoms with Crippen LogP contribution >= 0.6 is 12.4 Å².